The van der Waals surface area contributed by atoms with Crippen molar-refractivity contribution in [3.05, 3.63) is 65.2 Å². The molecule has 1 aliphatic carbocycles. The van der Waals surface area contributed by atoms with E-state index in [1.54, 1.807) is 24.3 Å². The van der Waals surface area contributed by atoms with Crippen LogP contribution in [0.1, 0.15) is 56.1 Å². The second kappa shape index (κ2) is 9.92. The van der Waals surface area contributed by atoms with Crippen LogP contribution in [0.4, 0.5) is 8.78 Å². The predicted molar refractivity (Wildman–Crippen MR) is 127 cm³/mol. The van der Waals surface area contributed by atoms with Crippen LogP contribution in [0.25, 0.3) is 0 Å². The van der Waals surface area contributed by atoms with Gasteiger partial charge in [0, 0.05) is 37.0 Å². The Bertz CT molecular complexity index is 976. The van der Waals surface area contributed by atoms with Gasteiger partial charge in [-0.3, -0.25) is 4.90 Å². The first kappa shape index (κ1) is 23.7. The lowest BCUT2D eigenvalue weighted by atomic mass is 9.76. The second-order valence-electron chi connectivity index (χ2n) is 10.4. The molecule has 0 radical (unpaired) electrons. The van der Waals surface area contributed by atoms with E-state index in [0.29, 0.717) is 12.5 Å². The van der Waals surface area contributed by atoms with Gasteiger partial charge in [0.1, 0.15) is 17.4 Å². The Hall–Kier alpha value is -2.02. The Labute approximate surface area is 201 Å². The fraction of sp³-hybridized carbons (Fsp3) is 0.571. The van der Waals surface area contributed by atoms with Gasteiger partial charge in [-0.2, -0.15) is 0 Å². The van der Waals surface area contributed by atoms with Crippen molar-refractivity contribution in [2.75, 3.05) is 39.5 Å². The Balaban J connectivity index is 1.43. The summed E-state index contributed by atoms with van der Waals surface area (Å²) in [5.41, 5.74) is 1.69. The van der Waals surface area contributed by atoms with Gasteiger partial charge < -0.3 is 14.2 Å². The van der Waals surface area contributed by atoms with Crippen LogP contribution in [0.2, 0.25) is 0 Å². The molecule has 184 valence electrons. The first-order valence-electron chi connectivity index (χ1n) is 12.6. The molecule has 1 spiro atoms. The van der Waals surface area contributed by atoms with Crippen LogP contribution in [0.3, 0.4) is 0 Å². The molecule has 2 aromatic carbocycles. The molecule has 2 aliphatic heterocycles. The van der Waals surface area contributed by atoms with Crippen molar-refractivity contribution >= 4 is 0 Å². The summed E-state index contributed by atoms with van der Waals surface area (Å²) < 4.78 is 46.3. The Morgan fingerprint density at radius 1 is 1.06 bits per heavy atom. The summed E-state index contributed by atoms with van der Waals surface area (Å²) in [7, 11) is 0. The quantitative estimate of drug-likeness (QED) is 0.555. The molecule has 0 unspecified atom stereocenters. The van der Waals surface area contributed by atoms with Gasteiger partial charge in [-0.25, -0.2) is 8.78 Å². The van der Waals surface area contributed by atoms with Crippen LogP contribution in [-0.4, -0.2) is 56.1 Å². The van der Waals surface area contributed by atoms with E-state index in [9.17, 15) is 8.78 Å². The minimum absolute atomic E-state index is 0.0110. The lowest BCUT2D eigenvalue weighted by Crippen LogP contribution is -2.42. The molecule has 2 saturated heterocycles. The van der Waals surface area contributed by atoms with Crippen molar-refractivity contribution < 1.29 is 23.0 Å². The number of halogens is 2. The molecule has 34 heavy (non-hydrogen) atoms. The van der Waals surface area contributed by atoms with Gasteiger partial charge in [0.05, 0.1) is 31.5 Å². The SMILES string of the molecule is CC(C)Oc1ccc(F)cc1[C@H]1CO[C@]2(CC[C@H](CN3CCOCC3)[C@H]2c2ccc(F)cc2)C1. The summed E-state index contributed by atoms with van der Waals surface area (Å²) >= 11 is 0. The average molecular weight is 472 g/mol. The summed E-state index contributed by atoms with van der Waals surface area (Å²) in [6, 6.07) is 11.8. The fourth-order valence-corrected chi connectivity index (χ4v) is 6.33. The zero-order chi connectivity index (χ0) is 23.7. The summed E-state index contributed by atoms with van der Waals surface area (Å²) in [6.45, 7) is 8.94. The summed E-state index contributed by atoms with van der Waals surface area (Å²) in [5.74, 6) is 0.919. The van der Waals surface area contributed by atoms with Gasteiger partial charge in [-0.1, -0.05) is 12.1 Å². The van der Waals surface area contributed by atoms with E-state index in [1.165, 1.54) is 6.07 Å². The monoisotopic (exact) mass is 471 g/mol. The van der Waals surface area contributed by atoms with Gasteiger partial charge in [-0.15, -0.1) is 0 Å². The van der Waals surface area contributed by atoms with Crippen LogP contribution in [0, 0.1) is 17.6 Å². The smallest absolute Gasteiger partial charge is 0.123 e. The Morgan fingerprint density at radius 2 is 1.79 bits per heavy atom. The predicted octanol–water partition coefficient (Wildman–Crippen LogP) is 5.52. The van der Waals surface area contributed by atoms with E-state index >= 15 is 0 Å². The van der Waals surface area contributed by atoms with Crippen molar-refractivity contribution in [1.82, 2.24) is 4.90 Å². The molecule has 4 nitrogen and oxygen atoms in total. The minimum atomic E-state index is -0.332. The van der Waals surface area contributed by atoms with E-state index in [4.69, 9.17) is 14.2 Å². The molecule has 4 atom stereocenters. The third kappa shape index (κ3) is 4.86. The van der Waals surface area contributed by atoms with Gasteiger partial charge in [0.25, 0.3) is 0 Å². The zero-order valence-electron chi connectivity index (χ0n) is 20.1. The number of nitrogens with zero attached hydrogens (tertiary/aromatic N) is 1. The standard InChI is InChI=1S/C28H35F2NO3/c1-19(2)34-26-8-7-24(30)15-25(26)22-16-28(33-18-22)10-9-21(17-31-11-13-32-14-12-31)27(28)20-3-5-23(29)6-4-20/h3-8,15,19,21-22,27H,9-14,16-18H2,1-2H3/t21-,22-,27-,28-/m1/s1. The van der Waals surface area contributed by atoms with Crippen molar-refractivity contribution in [2.24, 2.45) is 5.92 Å². The fourth-order valence-electron chi connectivity index (χ4n) is 6.33. The molecule has 1 saturated carbocycles. The molecule has 5 rings (SSSR count). The number of ether oxygens (including phenoxy) is 3. The van der Waals surface area contributed by atoms with E-state index in [-0.39, 0.29) is 35.2 Å². The zero-order valence-corrected chi connectivity index (χ0v) is 20.1. The van der Waals surface area contributed by atoms with E-state index in [0.717, 1.165) is 69.0 Å². The number of hydrogen-bond acceptors (Lipinski definition) is 4. The van der Waals surface area contributed by atoms with Crippen molar-refractivity contribution in [2.45, 2.75) is 56.7 Å². The first-order valence-corrected chi connectivity index (χ1v) is 12.6. The van der Waals surface area contributed by atoms with Crippen LogP contribution < -0.4 is 4.74 Å². The van der Waals surface area contributed by atoms with Gasteiger partial charge in [0.15, 0.2) is 0 Å². The number of hydrogen-bond donors (Lipinski definition) is 0. The third-order valence-electron chi connectivity index (χ3n) is 7.74. The second-order valence-corrected chi connectivity index (χ2v) is 10.4. The van der Waals surface area contributed by atoms with Gasteiger partial charge >= 0.3 is 0 Å². The average Bonchev–Trinajstić information content (AvgIpc) is 3.40. The maximum Gasteiger partial charge on any atom is 0.123 e. The van der Waals surface area contributed by atoms with E-state index in [1.807, 2.05) is 26.0 Å². The normalized spacial score (nSPS) is 29.9. The Morgan fingerprint density at radius 3 is 2.53 bits per heavy atom. The highest BCUT2D eigenvalue weighted by atomic mass is 19.1. The first-order chi connectivity index (χ1) is 16.4. The molecule has 0 bridgehead atoms. The molecule has 3 aliphatic rings. The number of rotatable bonds is 6. The molecule has 0 N–H and O–H groups in total. The summed E-state index contributed by atoms with van der Waals surface area (Å²) in [4.78, 5) is 2.48. The molecule has 6 heteroatoms. The topological polar surface area (TPSA) is 30.9 Å². The molecular weight excluding hydrogens is 436 g/mol. The maximum absolute atomic E-state index is 14.3. The Kier molecular flexibility index (Phi) is 6.92. The van der Waals surface area contributed by atoms with Crippen molar-refractivity contribution in [3.8, 4) is 5.75 Å². The van der Waals surface area contributed by atoms with Crippen LogP contribution in [0.15, 0.2) is 42.5 Å². The highest BCUT2D eigenvalue weighted by Crippen LogP contribution is 2.57. The lowest BCUT2D eigenvalue weighted by Gasteiger charge is -2.36. The molecule has 0 aromatic heterocycles. The van der Waals surface area contributed by atoms with Gasteiger partial charge in [0.2, 0.25) is 0 Å². The third-order valence-corrected chi connectivity index (χ3v) is 7.74. The lowest BCUT2D eigenvalue weighted by molar-refractivity contribution is -0.0148. The molecule has 2 heterocycles. The molecular formula is C28H35F2NO3. The number of benzene rings is 2. The van der Waals surface area contributed by atoms with Crippen molar-refractivity contribution in [1.29, 1.82) is 0 Å². The molecule has 3 fully saturated rings. The van der Waals surface area contributed by atoms with E-state index < -0.39 is 0 Å². The van der Waals surface area contributed by atoms with Crippen LogP contribution >= 0.6 is 0 Å². The number of morpholine rings is 1. The summed E-state index contributed by atoms with van der Waals surface area (Å²) in [5, 5.41) is 0. The van der Waals surface area contributed by atoms with Crippen LogP contribution in [0.5, 0.6) is 5.75 Å². The maximum atomic E-state index is 14.3. The summed E-state index contributed by atoms with van der Waals surface area (Å²) in [6.07, 6.45) is 2.84. The minimum Gasteiger partial charge on any atom is -0.491 e. The van der Waals surface area contributed by atoms with Gasteiger partial charge in [-0.05, 0) is 74.9 Å². The highest BCUT2D eigenvalue weighted by Gasteiger charge is 2.54. The van der Waals surface area contributed by atoms with Crippen molar-refractivity contribution in [3.63, 3.8) is 0 Å². The molecule has 2 aromatic rings. The highest BCUT2D eigenvalue weighted by molar-refractivity contribution is 5.39. The largest absolute Gasteiger partial charge is 0.491 e. The van der Waals surface area contributed by atoms with Crippen LogP contribution in [-0.2, 0) is 9.47 Å². The molecule has 0 amide bonds. The van der Waals surface area contributed by atoms with E-state index in [2.05, 4.69) is 4.90 Å².